The van der Waals surface area contributed by atoms with E-state index >= 15 is 0 Å². The van der Waals surface area contributed by atoms with Crippen LogP contribution in [0.4, 0.5) is 11.4 Å². The predicted octanol–water partition coefficient (Wildman–Crippen LogP) is 0.796. The van der Waals surface area contributed by atoms with E-state index in [1.165, 1.54) is 6.07 Å². The number of hydrogen-bond donors (Lipinski definition) is 2. The molecule has 0 unspecified atom stereocenters. The topological polar surface area (TPSA) is 99.7 Å². The smallest absolute Gasteiger partial charge is 0.294 e. The minimum atomic E-state index is -0.481. The molecular formula is C10H13N3O4. The summed E-state index contributed by atoms with van der Waals surface area (Å²) in [5.74, 6) is 5.19. The zero-order valence-corrected chi connectivity index (χ0v) is 9.09. The molecular weight excluding hydrogens is 226 g/mol. The number of hydrogen-bond acceptors (Lipinski definition) is 6. The first-order chi connectivity index (χ1) is 8.20. The summed E-state index contributed by atoms with van der Waals surface area (Å²) < 4.78 is 10.4. The molecule has 7 heteroatoms. The summed E-state index contributed by atoms with van der Waals surface area (Å²) in [6, 6.07) is 4.75. The van der Waals surface area contributed by atoms with Gasteiger partial charge in [0.2, 0.25) is 0 Å². The molecule has 17 heavy (non-hydrogen) atoms. The molecule has 1 fully saturated rings. The van der Waals surface area contributed by atoms with E-state index in [0.717, 1.165) is 5.56 Å². The van der Waals surface area contributed by atoms with E-state index in [1.54, 1.807) is 12.1 Å². The minimum Gasteiger partial charge on any atom is -0.376 e. The number of anilines is 1. The van der Waals surface area contributed by atoms with Crippen molar-refractivity contribution in [3.05, 3.63) is 33.9 Å². The van der Waals surface area contributed by atoms with Crippen molar-refractivity contribution in [2.75, 3.05) is 18.6 Å². The molecule has 1 aromatic rings. The molecule has 0 aliphatic carbocycles. The summed E-state index contributed by atoms with van der Waals surface area (Å²) in [6.07, 6.45) is 0.0985. The number of nitrogens with two attached hydrogens (primary N) is 1. The Balaban J connectivity index is 2.06. The normalized spacial score (nSPS) is 15.4. The maximum Gasteiger partial charge on any atom is 0.294 e. The summed E-state index contributed by atoms with van der Waals surface area (Å²) in [4.78, 5) is 10.3. The number of nitrogen functional groups attached to an aromatic ring is 1. The lowest BCUT2D eigenvalue weighted by atomic mass is 10.2. The molecule has 1 aromatic carbocycles. The van der Waals surface area contributed by atoms with E-state index in [4.69, 9.17) is 15.3 Å². The number of nitro groups is 1. The Hall–Kier alpha value is -1.70. The molecule has 92 valence electrons. The number of ether oxygens (including phenoxy) is 2. The molecule has 1 saturated heterocycles. The summed E-state index contributed by atoms with van der Waals surface area (Å²) in [5.41, 5.74) is 3.25. The molecule has 0 radical (unpaired) electrons. The number of nitrogens with one attached hydrogen (secondary N) is 1. The first kappa shape index (κ1) is 11.8. The lowest BCUT2D eigenvalue weighted by molar-refractivity contribution is -0.384. The van der Waals surface area contributed by atoms with Crippen LogP contribution in [0.15, 0.2) is 18.2 Å². The van der Waals surface area contributed by atoms with Gasteiger partial charge in [0.25, 0.3) is 5.69 Å². The van der Waals surface area contributed by atoms with Gasteiger partial charge in [0, 0.05) is 6.07 Å². The van der Waals surface area contributed by atoms with Gasteiger partial charge < -0.3 is 14.9 Å². The number of rotatable bonds is 5. The molecule has 0 bridgehead atoms. The minimum absolute atomic E-state index is 0.0570. The highest BCUT2D eigenvalue weighted by Crippen LogP contribution is 2.25. The zero-order valence-electron chi connectivity index (χ0n) is 9.09. The third kappa shape index (κ3) is 2.70. The largest absolute Gasteiger partial charge is 0.376 e. The molecule has 0 atom stereocenters. The van der Waals surface area contributed by atoms with Gasteiger partial charge in [-0.25, -0.2) is 0 Å². The van der Waals surface area contributed by atoms with Crippen molar-refractivity contribution in [1.82, 2.24) is 0 Å². The fourth-order valence-electron chi connectivity index (χ4n) is 1.46. The Labute approximate surface area is 97.6 Å². The van der Waals surface area contributed by atoms with Crippen LogP contribution in [0.3, 0.4) is 0 Å². The Morgan fingerprint density at radius 2 is 2.35 bits per heavy atom. The van der Waals surface area contributed by atoms with Crippen LogP contribution in [-0.2, 0) is 16.1 Å². The predicted molar refractivity (Wildman–Crippen MR) is 60.3 cm³/mol. The highest BCUT2D eigenvalue weighted by Gasteiger charge is 2.19. The van der Waals surface area contributed by atoms with Crippen molar-refractivity contribution in [1.29, 1.82) is 0 Å². The Kier molecular flexibility index (Phi) is 3.52. The summed E-state index contributed by atoms with van der Waals surface area (Å²) in [5, 5.41) is 10.8. The van der Waals surface area contributed by atoms with Crippen molar-refractivity contribution in [2.24, 2.45) is 5.84 Å². The third-order valence-corrected chi connectivity index (χ3v) is 2.51. The zero-order chi connectivity index (χ0) is 12.3. The summed E-state index contributed by atoms with van der Waals surface area (Å²) >= 11 is 0. The van der Waals surface area contributed by atoms with Gasteiger partial charge in [0.15, 0.2) is 0 Å². The van der Waals surface area contributed by atoms with Crippen molar-refractivity contribution >= 4 is 11.4 Å². The number of hydrazine groups is 1. The van der Waals surface area contributed by atoms with E-state index < -0.39 is 4.92 Å². The van der Waals surface area contributed by atoms with Gasteiger partial charge in [-0.2, -0.15) is 0 Å². The average molecular weight is 239 g/mol. The first-order valence-electron chi connectivity index (χ1n) is 5.14. The molecule has 0 amide bonds. The van der Waals surface area contributed by atoms with Gasteiger partial charge in [0.05, 0.1) is 24.7 Å². The van der Waals surface area contributed by atoms with Crippen molar-refractivity contribution in [2.45, 2.75) is 12.7 Å². The maximum absolute atomic E-state index is 10.8. The van der Waals surface area contributed by atoms with Gasteiger partial charge in [-0.1, -0.05) is 6.07 Å². The Bertz CT molecular complexity index is 420. The summed E-state index contributed by atoms with van der Waals surface area (Å²) in [7, 11) is 0. The molecule has 0 saturated carbocycles. The van der Waals surface area contributed by atoms with Gasteiger partial charge in [0.1, 0.15) is 11.8 Å². The van der Waals surface area contributed by atoms with Crippen LogP contribution in [0.25, 0.3) is 0 Å². The highest BCUT2D eigenvalue weighted by atomic mass is 16.6. The molecule has 2 rings (SSSR count). The van der Waals surface area contributed by atoms with Gasteiger partial charge in [-0.05, 0) is 11.6 Å². The van der Waals surface area contributed by atoms with Crippen LogP contribution in [0.2, 0.25) is 0 Å². The van der Waals surface area contributed by atoms with E-state index in [9.17, 15) is 10.1 Å². The van der Waals surface area contributed by atoms with Gasteiger partial charge >= 0.3 is 0 Å². The van der Waals surface area contributed by atoms with Crippen molar-refractivity contribution in [3.8, 4) is 0 Å². The van der Waals surface area contributed by atoms with E-state index in [1.807, 2.05) is 0 Å². The fraction of sp³-hybridized carbons (Fsp3) is 0.400. The van der Waals surface area contributed by atoms with Crippen molar-refractivity contribution < 1.29 is 14.4 Å². The molecule has 0 spiro atoms. The van der Waals surface area contributed by atoms with E-state index in [-0.39, 0.29) is 17.5 Å². The highest BCUT2D eigenvalue weighted by molar-refractivity contribution is 5.61. The quantitative estimate of drug-likeness (QED) is 0.448. The fourth-order valence-corrected chi connectivity index (χ4v) is 1.46. The van der Waals surface area contributed by atoms with E-state index in [2.05, 4.69) is 5.43 Å². The second-order valence-electron chi connectivity index (χ2n) is 3.72. The number of benzene rings is 1. The second kappa shape index (κ2) is 5.09. The molecule has 1 heterocycles. The third-order valence-electron chi connectivity index (χ3n) is 2.51. The van der Waals surface area contributed by atoms with Gasteiger partial charge in [-0.15, -0.1) is 0 Å². The van der Waals surface area contributed by atoms with Crippen LogP contribution in [0, 0.1) is 10.1 Å². The van der Waals surface area contributed by atoms with Crippen LogP contribution in [-0.4, -0.2) is 24.2 Å². The second-order valence-corrected chi connectivity index (χ2v) is 3.72. The molecule has 7 nitrogen and oxygen atoms in total. The average Bonchev–Trinajstić information content (AvgIpc) is 2.26. The maximum atomic E-state index is 10.8. The lowest BCUT2D eigenvalue weighted by Gasteiger charge is -2.25. The van der Waals surface area contributed by atoms with Crippen LogP contribution < -0.4 is 11.3 Å². The van der Waals surface area contributed by atoms with Crippen LogP contribution in [0.5, 0.6) is 0 Å². The van der Waals surface area contributed by atoms with Crippen molar-refractivity contribution in [3.63, 3.8) is 0 Å². The van der Waals surface area contributed by atoms with Gasteiger partial charge in [-0.3, -0.25) is 16.0 Å². The standard InChI is InChI=1S/C10H13N3O4/c11-12-9-2-1-7(3-10(9)13(14)15)4-17-8-5-16-6-8/h1-3,8,12H,4-6,11H2. The van der Waals surface area contributed by atoms with Crippen LogP contribution >= 0.6 is 0 Å². The monoisotopic (exact) mass is 239 g/mol. The SMILES string of the molecule is NNc1ccc(COC2COC2)cc1[N+](=O)[O-]. The number of nitro benzene ring substituents is 1. The number of nitrogens with zero attached hydrogens (tertiary/aromatic N) is 1. The van der Waals surface area contributed by atoms with E-state index in [0.29, 0.717) is 19.8 Å². The molecule has 3 N–H and O–H groups in total. The molecule has 1 aliphatic heterocycles. The first-order valence-corrected chi connectivity index (χ1v) is 5.14. The Morgan fingerprint density at radius 1 is 1.59 bits per heavy atom. The Morgan fingerprint density at radius 3 is 2.88 bits per heavy atom. The molecule has 0 aromatic heterocycles. The lowest BCUT2D eigenvalue weighted by Crippen LogP contribution is -2.35. The van der Waals surface area contributed by atoms with Crippen LogP contribution in [0.1, 0.15) is 5.56 Å². The summed E-state index contributed by atoms with van der Waals surface area (Å²) in [6.45, 7) is 1.51. The molecule has 1 aliphatic rings.